The summed E-state index contributed by atoms with van der Waals surface area (Å²) in [5.41, 5.74) is 0.897. The first-order chi connectivity index (χ1) is 3.80. The molecule has 0 aliphatic carbocycles. The zero-order chi connectivity index (χ0) is 5.98. The molecule has 0 fully saturated rings. The Balaban J connectivity index is 3.13. The zero-order valence-corrected chi connectivity index (χ0v) is 5.24. The van der Waals surface area contributed by atoms with Crippen LogP contribution in [-0.2, 0) is 0 Å². The molecule has 0 aromatic carbocycles. The van der Waals surface area contributed by atoms with Crippen molar-refractivity contribution < 1.29 is 0 Å². The maximum absolute atomic E-state index is 5.64. The van der Waals surface area contributed by atoms with Gasteiger partial charge in [-0.3, -0.25) is 4.98 Å². The van der Waals surface area contributed by atoms with Crippen LogP contribution in [0.5, 0.6) is 0 Å². The predicted octanol–water partition coefficient (Wildman–Crippen LogP) is 1.84. The third-order valence-electron chi connectivity index (χ3n) is 0.886. The van der Waals surface area contributed by atoms with Gasteiger partial charge in [0, 0.05) is 11.2 Å². The molecule has 0 bridgehead atoms. The Morgan fingerprint density at radius 1 is 1.75 bits per heavy atom. The highest BCUT2D eigenvalue weighted by Crippen LogP contribution is 2.09. The maximum atomic E-state index is 5.64. The van der Waals surface area contributed by atoms with Crippen LogP contribution in [0.15, 0.2) is 12.3 Å². The van der Waals surface area contributed by atoms with Crippen molar-refractivity contribution in [3.8, 4) is 0 Å². The van der Waals surface area contributed by atoms with E-state index in [-0.39, 0.29) is 0 Å². The van der Waals surface area contributed by atoms with Crippen molar-refractivity contribution in [2.45, 2.75) is 6.92 Å². The summed E-state index contributed by atoms with van der Waals surface area (Å²) in [6, 6.07) is 1.74. The van der Waals surface area contributed by atoms with E-state index in [9.17, 15) is 0 Å². The summed E-state index contributed by atoms with van der Waals surface area (Å²) in [5, 5.41) is 0.722. The molecule has 1 heterocycles. The van der Waals surface area contributed by atoms with E-state index in [1.165, 1.54) is 0 Å². The minimum atomic E-state index is 0.722. The number of nitrogens with zero attached hydrogens (tertiary/aromatic N) is 1. The molecule has 0 unspecified atom stereocenters. The number of hydrogen-bond donors (Lipinski definition) is 0. The van der Waals surface area contributed by atoms with Crippen LogP contribution < -0.4 is 0 Å². The van der Waals surface area contributed by atoms with Gasteiger partial charge in [0.1, 0.15) is 0 Å². The minimum absolute atomic E-state index is 0.722. The molecule has 0 spiro atoms. The Morgan fingerprint density at radius 2 is 2.50 bits per heavy atom. The smallest absolute Gasteiger partial charge is 0.0933 e. The van der Waals surface area contributed by atoms with Crippen LogP contribution in [0.4, 0.5) is 0 Å². The van der Waals surface area contributed by atoms with Gasteiger partial charge >= 0.3 is 0 Å². The lowest BCUT2D eigenvalue weighted by Crippen LogP contribution is -1.75. The topological polar surface area (TPSA) is 12.9 Å². The normalized spacial score (nSPS) is 9.25. The molecule has 8 heavy (non-hydrogen) atoms. The summed E-state index contributed by atoms with van der Waals surface area (Å²) in [7, 11) is 0. The van der Waals surface area contributed by atoms with E-state index >= 15 is 0 Å². The van der Waals surface area contributed by atoms with E-state index in [0.29, 0.717) is 0 Å². The number of pyridine rings is 1. The van der Waals surface area contributed by atoms with Crippen LogP contribution >= 0.6 is 11.6 Å². The van der Waals surface area contributed by atoms with Gasteiger partial charge in [0.05, 0.1) is 6.20 Å². The van der Waals surface area contributed by atoms with Gasteiger partial charge in [0.25, 0.3) is 0 Å². The number of aryl methyl sites for hydroxylation is 1. The Kier molecular flexibility index (Phi) is 1.49. The quantitative estimate of drug-likeness (QED) is 0.517. The summed E-state index contributed by atoms with van der Waals surface area (Å²) < 4.78 is 0. The van der Waals surface area contributed by atoms with Gasteiger partial charge in [0.15, 0.2) is 0 Å². The fourth-order valence-electron chi connectivity index (χ4n) is 0.415. The van der Waals surface area contributed by atoms with Gasteiger partial charge in [-0.15, -0.1) is 0 Å². The molecular formula is C6H5ClN. The molecular weight excluding hydrogens is 122 g/mol. The first-order valence-corrected chi connectivity index (χ1v) is 2.67. The van der Waals surface area contributed by atoms with Crippen LogP contribution in [0.2, 0.25) is 5.02 Å². The van der Waals surface area contributed by atoms with Crippen LogP contribution in [0.25, 0.3) is 0 Å². The molecule has 0 saturated carbocycles. The molecule has 2 heteroatoms. The standard InChI is InChI=1S/C6H5ClN/c1-5-4-8-3-2-6(5)7/h2-3H,1H3. The first kappa shape index (κ1) is 5.57. The molecule has 0 amide bonds. The molecule has 0 atom stereocenters. The van der Waals surface area contributed by atoms with Crippen molar-refractivity contribution >= 4 is 11.6 Å². The van der Waals surface area contributed by atoms with Gasteiger partial charge in [-0.05, 0) is 18.6 Å². The molecule has 1 aromatic heterocycles. The fourth-order valence-corrected chi connectivity index (χ4v) is 0.514. The molecule has 1 nitrogen and oxygen atoms in total. The Hall–Kier alpha value is -0.560. The molecule has 1 rings (SSSR count). The average molecular weight is 127 g/mol. The minimum Gasteiger partial charge on any atom is -0.254 e. The van der Waals surface area contributed by atoms with Crippen molar-refractivity contribution in [1.29, 1.82) is 0 Å². The molecule has 0 N–H and O–H groups in total. The zero-order valence-electron chi connectivity index (χ0n) is 4.48. The molecule has 1 radical (unpaired) electrons. The fraction of sp³-hybridized carbons (Fsp3) is 0.167. The monoisotopic (exact) mass is 126 g/mol. The van der Waals surface area contributed by atoms with Gasteiger partial charge in [0.2, 0.25) is 0 Å². The van der Waals surface area contributed by atoms with E-state index in [4.69, 9.17) is 11.6 Å². The van der Waals surface area contributed by atoms with E-state index < -0.39 is 0 Å². The number of rotatable bonds is 0. The number of halogens is 1. The highest BCUT2D eigenvalue weighted by Gasteiger charge is 1.88. The SMILES string of the molecule is Cc1[c]nccc1Cl. The summed E-state index contributed by atoms with van der Waals surface area (Å²) in [6.45, 7) is 1.87. The Bertz CT molecular complexity index is 165. The van der Waals surface area contributed by atoms with Crippen LogP contribution in [0.1, 0.15) is 5.56 Å². The second-order valence-corrected chi connectivity index (χ2v) is 1.94. The number of aromatic nitrogens is 1. The lowest BCUT2D eigenvalue weighted by atomic mass is 10.3. The third kappa shape index (κ3) is 0.984. The number of hydrogen-bond acceptors (Lipinski definition) is 1. The highest BCUT2D eigenvalue weighted by molar-refractivity contribution is 6.31. The lowest BCUT2D eigenvalue weighted by Gasteiger charge is -1.89. The second-order valence-electron chi connectivity index (χ2n) is 1.53. The van der Waals surface area contributed by atoms with Crippen molar-refractivity contribution in [3.05, 3.63) is 29.0 Å². The van der Waals surface area contributed by atoms with Crippen molar-refractivity contribution in [2.75, 3.05) is 0 Å². The highest BCUT2D eigenvalue weighted by atomic mass is 35.5. The van der Waals surface area contributed by atoms with Crippen LogP contribution in [0, 0.1) is 13.1 Å². The summed E-state index contributed by atoms with van der Waals surface area (Å²) in [4.78, 5) is 3.74. The molecule has 0 aliphatic rings. The maximum Gasteiger partial charge on any atom is 0.0933 e. The Labute approximate surface area is 53.3 Å². The molecule has 0 saturated heterocycles. The lowest BCUT2D eigenvalue weighted by molar-refractivity contribution is 1.25. The van der Waals surface area contributed by atoms with Crippen LogP contribution in [0.3, 0.4) is 0 Å². The second kappa shape index (κ2) is 2.14. The van der Waals surface area contributed by atoms with Crippen molar-refractivity contribution in [3.63, 3.8) is 0 Å². The molecule has 1 aromatic rings. The summed E-state index contributed by atoms with van der Waals surface area (Å²) in [5.74, 6) is 0. The Morgan fingerprint density at radius 3 is 2.88 bits per heavy atom. The first-order valence-electron chi connectivity index (χ1n) is 2.29. The van der Waals surface area contributed by atoms with Crippen molar-refractivity contribution in [2.24, 2.45) is 0 Å². The van der Waals surface area contributed by atoms with Crippen molar-refractivity contribution in [1.82, 2.24) is 4.98 Å². The van der Waals surface area contributed by atoms with E-state index in [1.54, 1.807) is 12.3 Å². The van der Waals surface area contributed by atoms with Gasteiger partial charge in [-0.2, -0.15) is 0 Å². The van der Waals surface area contributed by atoms with Gasteiger partial charge in [-0.25, -0.2) is 0 Å². The average Bonchev–Trinajstić information content (AvgIpc) is 1.77. The van der Waals surface area contributed by atoms with E-state index in [1.807, 2.05) is 6.92 Å². The van der Waals surface area contributed by atoms with E-state index in [0.717, 1.165) is 10.6 Å². The van der Waals surface area contributed by atoms with Gasteiger partial charge in [-0.1, -0.05) is 11.6 Å². The summed E-state index contributed by atoms with van der Waals surface area (Å²) in [6.07, 6.45) is 4.34. The molecule has 0 aliphatic heterocycles. The molecule has 41 valence electrons. The van der Waals surface area contributed by atoms with Gasteiger partial charge < -0.3 is 0 Å². The van der Waals surface area contributed by atoms with E-state index in [2.05, 4.69) is 11.2 Å². The third-order valence-corrected chi connectivity index (χ3v) is 1.30. The summed E-state index contributed by atoms with van der Waals surface area (Å²) >= 11 is 5.64. The predicted molar refractivity (Wildman–Crippen MR) is 32.8 cm³/mol. The largest absolute Gasteiger partial charge is 0.254 e. The van der Waals surface area contributed by atoms with Crippen LogP contribution in [-0.4, -0.2) is 4.98 Å².